The summed E-state index contributed by atoms with van der Waals surface area (Å²) in [5.41, 5.74) is 3.84. The highest BCUT2D eigenvalue weighted by Gasteiger charge is 2.45. The highest BCUT2D eigenvalue weighted by molar-refractivity contribution is 9.10. The molecule has 2 aliphatic carbocycles. The Morgan fingerprint density at radius 1 is 1.24 bits per heavy atom. The van der Waals surface area contributed by atoms with Crippen molar-refractivity contribution in [1.82, 2.24) is 0 Å². The topological polar surface area (TPSA) is 29.4 Å². The quantitative estimate of drug-likeness (QED) is 0.604. The van der Waals surface area contributed by atoms with Crippen molar-refractivity contribution in [3.05, 3.63) is 33.3 Å². The van der Waals surface area contributed by atoms with Crippen LogP contribution < -0.4 is 0 Å². The van der Waals surface area contributed by atoms with Gasteiger partial charge in [-0.15, -0.1) is 0 Å². The fourth-order valence-electron chi connectivity index (χ4n) is 2.75. The van der Waals surface area contributed by atoms with Gasteiger partial charge in [-0.3, -0.25) is 0 Å². The molecule has 0 aromatic heterocycles. The maximum atomic E-state index is 10.5. The van der Waals surface area contributed by atoms with Gasteiger partial charge in [0, 0.05) is 4.47 Å². The molecular formula is C14H14BrNO. The van der Waals surface area contributed by atoms with Crippen molar-refractivity contribution in [3.8, 4) is 0 Å². The fourth-order valence-corrected chi connectivity index (χ4v) is 3.45. The number of isocyanates is 1. The summed E-state index contributed by atoms with van der Waals surface area (Å²) in [6, 6.07) is 4.41. The van der Waals surface area contributed by atoms with Crippen LogP contribution in [0.3, 0.4) is 0 Å². The number of benzene rings is 1. The molecule has 1 saturated carbocycles. The van der Waals surface area contributed by atoms with Crippen molar-refractivity contribution in [2.24, 2.45) is 4.99 Å². The highest BCUT2D eigenvalue weighted by atomic mass is 79.9. The van der Waals surface area contributed by atoms with Crippen molar-refractivity contribution >= 4 is 22.0 Å². The van der Waals surface area contributed by atoms with E-state index in [0.29, 0.717) is 0 Å². The summed E-state index contributed by atoms with van der Waals surface area (Å²) in [7, 11) is 0. The predicted octanol–water partition coefficient (Wildman–Crippen LogP) is 3.65. The summed E-state index contributed by atoms with van der Waals surface area (Å²) in [4.78, 5) is 14.5. The van der Waals surface area contributed by atoms with E-state index in [1.54, 1.807) is 6.08 Å². The predicted molar refractivity (Wildman–Crippen MR) is 69.8 cm³/mol. The number of aliphatic imine (C=N–C) groups is 1. The van der Waals surface area contributed by atoms with E-state index in [-0.39, 0.29) is 5.54 Å². The summed E-state index contributed by atoms with van der Waals surface area (Å²) in [5.74, 6) is 0. The Labute approximate surface area is 109 Å². The van der Waals surface area contributed by atoms with Crippen LogP contribution in [-0.4, -0.2) is 6.08 Å². The lowest BCUT2D eigenvalue weighted by molar-refractivity contribution is 0.556. The van der Waals surface area contributed by atoms with E-state index in [0.717, 1.165) is 19.3 Å². The zero-order valence-electron chi connectivity index (χ0n) is 9.63. The fraction of sp³-hybridized carbons (Fsp3) is 0.500. The first-order valence-corrected chi connectivity index (χ1v) is 6.95. The second kappa shape index (κ2) is 4.08. The van der Waals surface area contributed by atoms with Gasteiger partial charge in [-0.05, 0) is 61.3 Å². The molecule has 0 N–H and O–H groups in total. The van der Waals surface area contributed by atoms with Crippen LogP contribution in [0.4, 0.5) is 0 Å². The molecule has 0 radical (unpaired) electrons. The lowest BCUT2D eigenvalue weighted by atomic mass is 9.88. The number of halogens is 1. The maximum absolute atomic E-state index is 10.5. The van der Waals surface area contributed by atoms with E-state index in [2.05, 4.69) is 33.1 Å². The minimum absolute atomic E-state index is 0.239. The summed E-state index contributed by atoms with van der Waals surface area (Å²) in [6.45, 7) is 0. The molecule has 0 aliphatic heterocycles. The molecule has 1 aromatic carbocycles. The molecule has 0 atom stereocenters. The number of aryl methyl sites for hydroxylation is 1. The lowest BCUT2D eigenvalue weighted by Gasteiger charge is -2.20. The van der Waals surface area contributed by atoms with Crippen molar-refractivity contribution < 1.29 is 4.79 Å². The highest BCUT2D eigenvalue weighted by Crippen LogP contribution is 2.50. The van der Waals surface area contributed by atoms with Crippen LogP contribution in [0.15, 0.2) is 21.6 Å². The molecule has 1 fully saturated rings. The average Bonchev–Trinajstić information content (AvgIpc) is 3.11. The first-order chi connectivity index (χ1) is 8.25. The molecule has 0 saturated heterocycles. The molecule has 0 spiro atoms. The van der Waals surface area contributed by atoms with Crippen molar-refractivity contribution in [3.63, 3.8) is 0 Å². The van der Waals surface area contributed by atoms with E-state index in [1.165, 1.54) is 40.4 Å². The van der Waals surface area contributed by atoms with Crippen LogP contribution >= 0.6 is 15.9 Å². The lowest BCUT2D eigenvalue weighted by Crippen LogP contribution is -2.09. The van der Waals surface area contributed by atoms with Gasteiger partial charge in [0.05, 0.1) is 5.54 Å². The largest absolute Gasteiger partial charge is 0.235 e. The van der Waals surface area contributed by atoms with Gasteiger partial charge in [0.15, 0.2) is 0 Å². The average molecular weight is 292 g/mol. The van der Waals surface area contributed by atoms with Gasteiger partial charge in [0.25, 0.3) is 0 Å². The zero-order chi connectivity index (χ0) is 11.9. The summed E-state index contributed by atoms with van der Waals surface area (Å²) >= 11 is 3.66. The standard InChI is InChI=1S/C14H14BrNO/c15-13-8-11(14(5-6-14)16-9-17)7-10-3-1-2-4-12(10)13/h7-8H,1-6H2. The molecular weight excluding hydrogens is 278 g/mol. The van der Waals surface area contributed by atoms with Gasteiger partial charge < -0.3 is 0 Å². The molecule has 3 rings (SSSR count). The van der Waals surface area contributed by atoms with Crippen LogP contribution in [0.1, 0.15) is 42.4 Å². The number of rotatable bonds is 2. The molecule has 0 unspecified atom stereocenters. The van der Waals surface area contributed by atoms with Gasteiger partial charge in [0.1, 0.15) is 0 Å². The Hall–Kier alpha value is -0.920. The Morgan fingerprint density at radius 3 is 2.71 bits per heavy atom. The molecule has 2 aliphatic rings. The number of nitrogens with zero attached hydrogens (tertiary/aromatic N) is 1. The van der Waals surface area contributed by atoms with E-state index in [4.69, 9.17) is 0 Å². The SMILES string of the molecule is O=C=NC1(c2cc(Br)c3c(c2)CCCC3)CC1. The van der Waals surface area contributed by atoms with Gasteiger partial charge in [0.2, 0.25) is 6.08 Å². The Morgan fingerprint density at radius 2 is 2.00 bits per heavy atom. The molecule has 0 amide bonds. The molecule has 1 aromatic rings. The molecule has 3 heteroatoms. The van der Waals surface area contributed by atoms with Gasteiger partial charge in [-0.25, -0.2) is 4.79 Å². The van der Waals surface area contributed by atoms with Crippen molar-refractivity contribution in [1.29, 1.82) is 0 Å². The van der Waals surface area contributed by atoms with Crippen molar-refractivity contribution in [2.75, 3.05) is 0 Å². The maximum Gasteiger partial charge on any atom is 0.235 e. The van der Waals surface area contributed by atoms with Gasteiger partial charge in [-0.1, -0.05) is 22.0 Å². The molecule has 17 heavy (non-hydrogen) atoms. The number of fused-ring (bicyclic) bond motifs is 1. The van der Waals surface area contributed by atoms with Crippen LogP contribution in [0.25, 0.3) is 0 Å². The second-order valence-corrected chi connectivity index (χ2v) is 5.89. The molecule has 0 heterocycles. The normalized spacial score (nSPS) is 20.3. The van der Waals surface area contributed by atoms with E-state index >= 15 is 0 Å². The third-order valence-electron chi connectivity index (χ3n) is 3.93. The van der Waals surface area contributed by atoms with E-state index in [1.807, 2.05) is 0 Å². The zero-order valence-corrected chi connectivity index (χ0v) is 11.2. The Balaban J connectivity index is 2.08. The van der Waals surface area contributed by atoms with E-state index in [9.17, 15) is 4.79 Å². The number of hydrogen-bond donors (Lipinski definition) is 0. The van der Waals surface area contributed by atoms with E-state index < -0.39 is 0 Å². The van der Waals surface area contributed by atoms with Gasteiger partial charge >= 0.3 is 0 Å². The summed E-state index contributed by atoms with van der Waals surface area (Å²) in [6.07, 6.45) is 8.56. The summed E-state index contributed by atoms with van der Waals surface area (Å²) < 4.78 is 1.19. The Bertz CT molecular complexity index is 513. The Kier molecular flexibility index (Phi) is 2.68. The minimum atomic E-state index is -0.239. The first-order valence-electron chi connectivity index (χ1n) is 6.16. The van der Waals surface area contributed by atoms with Gasteiger partial charge in [-0.2, -0.15) is 4.99 Å². The smallest absolute Gasteiger partial charge is 0.211 e. The van der Waals surface area contributed by atoms with Crippen LogP contribution in [-0.2, 0) is 23.2 Å². The van der Waals surface area contributed by atoms with Crippen LogP contribution in [0, 0.1) is 0 Å². The summed E-state index contributed by atoms with van der Waals surface area (Å²) in [5, 5.41) is 0. The third-order valence-corrected chi connectivity index (χ3v) is 4.64. The molecule has 88 valence electrons. The molecule has 2 nitrogen and oxygen atoms in total. The number of carbonyl (C=O) groups excluding carboxylic acids is 1. The molecule has 0 bridgehead atoms. The first kappa shape index (κ1) is 11.2. The van der Waals surface area contributed by atoms with Crippen molar-refractivity contribution in [2.45, 2.75) is 44.1 Å². The number of hydrogen-bond acceptors (Lipinski definition) is 2. The minimum Gasteiger partial charge on any atom is -0.211 e. The van der Waals surface area contributed by atoms with Crippen LogP contribution in [0.2, 0.25) is 0 Å². The third kappa shape index (κ3) is 1.88. The monoisotopic (exact) mass is 291 g/mol. The van der Waals surface area contributed by atoms with Crippen LogP contribution in [0.5, 0.6) is 0 Å². The second-order valence-electron chi connectivity index (χ2n) is 5.04.